The van der Waals surface area contributed by atoms with Gasteiger partial charge in [0.2, 0.25) is 0 Å². The van der Waals surface area contributed by atoms with E-state index in [1.54, 1.807) is 33.8 Å². The summed E-state index contributed by atoms with van der Waals surface area (Å²) in [5.41, 5.74) is -1.86. The molecule has 0 amide bonds. The molecule has 1 aliphatic rings. The quantitative estimate of drug-likeness (QED) is 0.766. The molecule has 0 unspecified atom stereocenters. The zero-order valence-corrected chi connectivity index (χ0v) is 11.2. The monoisotopic (exact) mass is 265 g/mol. The second-order valence-electron chi connectivity index (χ2n) is 5.29. The van der Waals surface area contributed by atoms with Gasteiger partial charge in [-0.25, -0.2) is 0 Å². The summed E-state index contributed by atoms with van der Waals surface area (Å²) in [6, 6.07) is 0.122. The van der Waals surface area contributed by atoms with E-state index >= 15 is 0 Å². The van der Waals surface area contributed by atoms with E-state index in [0.717, 1.165) is 0 Å². The summed E-state index contributed by atoms with van der Waals surface area (Å²) < 4.78 is 61.9. The minimum atomic E-state index is -2.91. The molecule has 0 aliphatic carbocycles. The lowest BCUT2D eigenvalue weighted by Crippen LogP contribution is -2.41. The molecule has 4 nitrogen and oxygen atoms in total. The number of benzene rings is 1. The fraction of sp³-hybridized carbons (Fsp3) is 0.500. The summed E-state index contributed by atoms with van der Waals surface area (Å²) in [6.07, 6.45) is 0. The molecule has 1 aromatic carbocycles. The average molecular weight is 265 g/mol. The molecule has 0 saturated carbocycles. The first-order chi connectivity index (χ1) is 11.2. The van der Waals surface area contributed by atoms with Crippen LogP contribution in [0.2, 0.25) is 0 Å². The van der Waals surface area contributed by atoms with E-state index in [1.165, 1.54) is 0 Å². The number of rotatable bonds is 2. The standard InChI is InChI=1S/C14H18BNO3/c1-13(2)14(3,4)19-15(18-13)12-7-6-11(17-5)8-10(12)9-16/h6-8H,1-5H3/i5D3,6D,7D,8D. The molecular weight excluding hydrogens is 241 g/mol. The van der Waals surface area contributed by atoms with Crippen molar-refractivity contribution in [3.8, 4) is 11.8 Å². The molecule has 19 heavy (non-hydrogen) atoms. The highest BCUT2D eigenvalue weighted by molar-refractivity contribution is 6.62. The normalized spacial score (nSPS) is 25.3. The molecule has 1 aliphatic heterocycles. The molecule has 1 heterocycles. The van der Waals surface area contributed by atoms with Gasteiger partial charge >= 0.3 is 7.12 Å². The van der Waals surface area contributed by atoms with Crippen molar-refractivity contribution in [1.29, 1.82) is 5.26 Å². The van der Waals surface area contributed by atoms with E-state index in [4.69, 9.17) is 17.5 Å². The average Bonchev–Trinajstić information content (AvgIpc) is 2.65. The van der Waals surface area contributed by atoms with Gasteiger partial charge in [-0.3, -0.25) is 0 Å². The molecule has 5 heteroatoms. The van der Waals surface area contributed by atoms with Crippen molar-refractivity contribution in [1.82, 2.24) is 0 Å². The first-order valence-electron chi connectivity index (χ1n) is 8.80. The zero-order valence-electron chi connectivity index (χ0n) is 17.2. The Labute approximate surface area is 122 Å². The largest absolute Gasteiger partial charge is 0.497 e. The van der Waals surface area contributed by atoms with Crippen molar-refractivity contribution < 1.29 is 22.3 Å². The Morgan fingerprint density at radius 2 is 1.95 bits per heavy atom. The summed E-state index contributed by atoms with van der Waals surface area (Å²) >= 11 is 0. The molecule has 0 spiro atoms. The molecule has 0 aromatic heterocycles. The lowest BCUT2D eigenvalue weighted by atomic mass is 9.76. The van der Waals surface area contributed by atoms with Crippen LogP contribution in [-0.2, 0) is 9.31 Å². The van der Waals surface area contributed by atoms with Crippen molar-refractivity contribution in [2.75, 3.05) is 7.04 Å². The van der Waals surface area contributed by atoms with Crippen molar-refractivity contribution in [2.45, 2.75) is 38.9 Å². The van der Waals surface area contributed by atoms with Crippen LogP contribution < -0.4 is 10.2 Å². The lowest BCUT2D eigenvalue weighted by Gasteiger charge is -2.32. The Bertz CT molecular complexity index is 741. The number of hydrogen-bond donors (Lipinski definition) is 0. The predicted molar refractivity (Wildman–Crippen MR) is 73.4 cm³/mol. The van der Waals surface area contributed by atoms with Crippen molar-refractivity contribution in [2.24, 2.45) is 0 Å². The number of methoxy groups -OCH3 is 1. The van der Waals surface area contributed by atoms with Gasteiger partial charge in [0.15, 0.2) is 0 Å². The van der Waals surface area contributed by atoms with Gasteiger partial charge < -0.3 is 14.0 Å². The Hall–Kier alpha value is -1.51. The highest BCUT2D eigenvalue weighted by Gasteiger charge is 2.52. The highest BCUT2D eigenvalue weighted by atomic mass is 16.7. The van der Waals surface area contributed by atoms with Gasteiger partial charge in [0.25, 0.3) is 0 Å². The van der Waals surface area contributed by atoms with Gasteiger partial charge in [-0.05, 0) is 39.8 Å². The Morgan fingerprint density at radius 3 is 2.47 bits per heavy atom. The second-order valence-corrected chi connectivity index (χ2v) is 5.29. The number of ether oxygens (including phenoxy) is 1. The number of nitrogens with zero attached hydrogens (tertiary/aromatic N) is 1. The molecule has 1 saturated heterocycles. The van der Waals surface area contributed by atoms with Crippen LogP contribution in [-0.4, -0.2) is 25.4 Å². The van der Waals surface area contributed by atoms with Crippen LogP contribution in [0.25, 0.3) is 0 Å². The first kappa shape index (κ1) is 7.93. The molecule has 0 bridgehead atoms. The van der Waals surface area contributed by atoms with E-state index in [-0.39, 0.29) is 11.0 Å². The van der Waals surface area contributed by atoms with Crippen LogP contribution in [0.3, 0.4) is 0 Å². The molecule has 0 radical (unpaired) electrons. The van der Waals surface area contributed by atoms with Gasteiger partial charge in [0.1, 0.15) is 5.75 Å². The second kappa shape index (κ2) is 4.55. The number of nitriles is 1. The molecule has 1 fully saturated rings. The SMILES string of the molecule is [2H]c1c([2H])c(B2OC(C)(C)C(C)(C)O2)c(C#N)c([2H])c1OC([2H])([2H])[2H]. The maximum atomic E-state index is 9.44. The third-order valence-corrected chi connectivity index (χ3v) is 3.52. The van der Waals surface area contributed by atoms with Crippen LogP contribution in [0, 0.1) is 11.3 Å². The molecule has 2 rings (SSSR count). The van der Waals surface area contributed by atoms with E-state index in [1.807, 2.05) is 0 Å². The third-order valence-electron chi connectivity index (χ3n) is 3.52. The maximum Gasteiger partial charge on any atom is 0.496 e. The zero-order chi connectivity index (χ0) is 19.4. The van der Waals surface area contributed by atoms with Crippen molar-refractivity contribution in [3.05, 3.63) is 23.7 Å². The van der Waals surface area contributed by atoms with Gasteiger partial charge in [0.05, 0.1) is 38.1 Å². The minimum Gasteiger partial charge on any atom is -0.497 e. The maximum absolute atomic E-state index is 9.44. The van der Waals surface area contributed by atoms with Crippen molar-refractivity contribution in [3.63, 3.8) is 0 Å². The third kappa shape index (κ3) is 2.34. The van der Waals surface area contributed by atoms with Crippen LogP contribution >= 0.6 is 0 Å². The summed E-state index contributed by atoms with van der Waals surface area (Å²) in [5.74, 6) is -0.637. The summed E-state index contributed by atoms with van der Waals surface area (Å²) in [6.45, 7) is 7.16. The topological polar surface area (TPSA) is 51.5 Å². The van der Waals surface area contributed by atoms with E-state index < -0.39 is 49.2 Å². The Morgan fingerprint density at radius 1 is 1.32 bits per heavy atom. The molecule has 0 atom stereocenters. The van der Waals surface area contributed by atoms with E-state index in [2.05, 4.69) is 4.74 Å². The van der Waals surface area contributed by atoms with E-state index in [0.29, 0.717) is 0 Å². The van der Waals surface area contributed by atoms with Crippen LogP contribution in [0.4, 0.5) is 0 Å². The minimum absolute atomic E-state index is 0.0750. The lowest BCUT2D eigenvalue weighted by molar-refractivity contribution is 0.00578. The number of hydrogen-bond acceptors (Lipinski definition) is 4. The van der Waals surface area contributed by atoms with Gasteiger partial charge in [-0.2, -0.15) is 5.26 Å². The van der Waals surface area contributed by atoms with Gasteiger partial charge in [0, 0.05) is 5.46 Å². The van der Waals surface area contributed by atoms with Gasteiger partial charge in [-0.15, -0.1) is 0 Å². The van der Waals surface area contributed by atoms with Crippen LogP contribution in [0.15, 0.2) is 18.1 Å². The Balaban J connectivity index is 2.64. The fourth-order valence-corrected chi connectivity index (χ4v) is 1.68. The first-order valence-corrected chi connectivity index (χ1v) is 5.80. The summed E-state index contributed by atoms with van der Waals surface area (Å²) in [7, 11) is -4.03. The summed E-state index contributed by atoms with van der Waals surface area (Å²) in [4.78, 5) is 0. The Kier molecular flexibility index (Phi) is 1.90. The molecule has 1 aromatic rings. The van der Waals surface area contributed by atoms with Crippen molar-refractivity contribution >= 4 is 12.6 Å². The predicted octanol–water partition coefficient (Wildman–Crippen LogP) is 1.87. The summed E-state index contributed by atoms with van der Waals surface area (Å²) in [5, 5.41) is 9.44. The molecule has 100 valence electrons. The van der Waals surface area contributed by atoms with Crippen LogP contribution in [0.1, 0.15) is 41.5 Å². The highest BCUT2D eigenvalue weighted by Crippen LogP contribution is 2.36. The fourth-order valence-electron chi connectivity index (χ4n) is 1.68. The molecular formula is C14H18BNO3. The van der Waals surface area contributed by atoms with E-state index in [9.17, 15) is 5.26 Å². The van der Waals surface area contributed by atoms with Crippen LogP contribution in [0.5, 0.6) is 5.75 Å². The van der Waals surface area contributed by atoms with Gasteiger partial charge in [-0.1, -0.05) is 6.04 Å². The molecule has 0 N–H and O–H groups in total. The smallest absolute Gasteiger partial charge is 0.496 e.